The molecule has 0 aliphatic rings. The fraction of sp³-hybridized carbons (Fsp3) is 0.118. The quantitative estimate of drug-likeness (QED) is 0.708. The molecule has 3 rings (SSSR count). The van der Waals surface area contributed by atoms with Crippen LogP contribution in [0.2, 0.25) is 0 Å². The number of aryl methyl sites for hydroxylation is 1. The fourth-order valence-corrected chi connectivity index (χ4v) is 2.83. The number of carbonyl (C=O) groups excluding carboxylic acids is 1. The summed E-state index contributed by atoms with van der Waals surface area (Å²) >= 11 is 1.45. The van der Waals surface area contributed by atoms with Crippen LogP contribution in [-0.4, -0.2) is 27.3 Å². The third-order valence-corrected chi connectivity index (χ3v) is 4.39. The molecule has 0 aliphatic heterocycles. The van der Waals surface area contributed by atoms with E-state index in [1.54, 1.807) is 18.5 Å². The molecule has 2 aromatic carbocycles. The van der Waals surface area contributed by atoms with Crippen molar-refractivity contribution in [3.8, 4) is 5.75 Å². The molecule has 0 fully saturated rings. The molecule has 0 spiro atoms. The third kappa shape index (κ3) is 4.57. The number of carbonyl (C=O) groups is 1. The molecule has 9 heteroatoms. The molecule has 6 nitrogen and oxygen atoms in total. The van der Waals surface area contributed by atoms with Gasteiger partial charge < -0.3 is 14.6 Å². The molecule has 134 valence electrons. The van der Waals surface area contributed by atoms with E-state index in [1.807, 2.05) is 23.7 Å². The zero-order valence-corrected chi connectivity index (χ0v) is 14.4. The van der Waals surface area contributed by atoms with Gasteiger partial charge in [0.2, 0.25) is 0 Å². The molecule has 1 aromatic heterocycles. The summed E-state index contributed by atoms with van der Waals surface area (Å²) in [4.78, 5) is 13.2. The Balaban J connectivity index is 1.61. The van der Waals surface area contributed by atoms with Gasteiger partial charge in [0.05, 0.1) is 0 Å². The number of nitrogens with zero attached hydrogens (tertiary/aromatic N) is 3. The summed E-state index contributed by atoms with van der Waals surface area (Å²) in [6.45, 7) is -2.90. The van der Waals surface area contributed by atoms with E-state index in [0.29, 0.717) is 11.3 Å². The lowest BCUT2D eigenvalue weighted by Crippen LogP contribution is -2.11. The Morgan fingerprint density at radius 1 is 1.15 bits per heavy atom. The first kappa shape index (κ1) is 17.9. The number of alkyl halides is 2. The first-order valence-corrected chi connectivity index (χ1v) is 8.31. The zero-order valence-electron chi connectivity index (χ0n) is 13.6. The maximum Gasteiger partial charge on any atom is 0.387 e. The second-order valence-electron chi connectivity index (χ2n) is 5.21. The summed E-state index contributed by atoms with van der Waals surface area (Å²) in [7, 11) is 1.86. The van der Waals surface area contributed by atoms with Gasteiger partial charge in [0.25, 0.3) is 5.91 Å². The molecule has 1 amide bonds. The Morgan fingerprint density at radius 3 is 2.42 bits per heavy atom. The molecule has 0 saturated heterocycles. The van der Waals surface area contributed by atoms with Crippen molar-refractivity contribution in [2.24, 2.45) is 7.05 Å². The number of ether oxygens (including phenoxy) is 1. The van der Waals surface area contributed by atoms with Crippen LogP contribution in [0.1, 0.15) is 10.4 Å². The van der Waals surface area contributed by atoms with E-state index in [1.165, 1.54) is 36.0 Å². The number of rotatable bonds is 6. The van der Waals surface area contributed by atoms with Crippen molar-refractivity contribution >= 4 is 23.4 Å². The van der Waals surface area contributed by atoms with Crippen LogP contribution < -0.4 is 10.1 Å². The number of aromatic nitrogens is 3. The Morgan fingerprint density at radius 2 is 1.85 bits per heavy atom. The average Bonchev–Trinajstić information content (AvgIpc) is 3.01. The van der Waals surface area contributed by atoms with Crippen LogP contribution >= 0.6 is 11.8 Å². The Kier molecular flexibility index (Phi) is 5.47. The SMILES string of the molecule is Cn1cnnc1Sc1ccc(NC(=O)c2ccc(OC(F)F)cc2)cc1. The van der Waals surface area contributed by atoms with Crippen LogP contribution in [0.4, 0.5) is 14.5 Å². The second kappa shape index (κ2) is 7.96. The molecule has 3 aromatic rings. The van der Waals surface area contributed by atoms with Gasteiger partial charge in [-0.05, 0) is 60.3 Å². The van der Waals surface area contributed by atoms with Crippen molar-refractivity contribution in [3.05, 3.63) is 60.4 Å². The first-order valence-electron chi connectivity index (χ1n) is 7.49. The number of anilines is 1. The van der Waals surface area contributed by atoms with E-state index in [9.17, 15) is 13.6 Å². The Labute approximate surface area is 152 Å². The van der Waals surface area contributed by atoms with Gasteiger partial charge in [-0.15, -0.1) is 10.2 Å². The molecule has 0 aliphatic carbocycles. The van der Waals surface area contributed by atoms with Gasteiger partial charge in [-0.25, -0.2) is 0 Å². The number of nitrogens with one attached hydrogen (secondary N) is 1. The maximum atomic E-state index is 12.2. The lowest BCUT2D eigenvalue weighted by Gasteiger charge is -2.08. The summed E-state index contributed by atoms with van der Waals surface area (Å²) < 4.78 is 30.3. The molecule has 0 atom stereocenters. The van der Waals surface area contributed by atoms with Crippen molar-refractivity contribution in [2.75, 3.05) is 5.32 Å². The Hall–Kier alpha value is -2.94. The van der Waals surface area contributed by atoms with Crippen LogP contribution in [0.3, 0.4) is 0 Å². The first-order chi connectivity index (χ1) is 12.5. The minimum Gasteiger partial charge on any atom is -0.435 e. The number of halogens is 2. The Bertz CT molecular complexity index is 883. The normalized spacial score (nSPS) is 10.8. The molecule has 1 N–H and O–H groups in total. The van der Waals surface area contributed by atoms with Crippen molar-refractivity contribution < 1.29 is 18.3 Å². The summed E-state index contributed by atoms with van der Waals surface area (Å²) in [5.74, 6) is -0.344. The number of amides is 1. The number of benzene rings is 2. The van der Waals surface area contributed by atoms with Gasteiger partial charge in [0, 0.05) is 23.2 Å². The minimum absolute atomic E-state index is 0.00158. The zero-order chi connectivity index (χ0) is 18.5. The van der Waals surface area contributed by atoms with Gasteiger partial charge in [-0.1, -0.05) is 0 Å². The minimum atomic E-state index is -2.90. The molecule has 0 radical (unpaired) electrons. The second-order valence-corrected chi connectivity index (χ2v) is 6.25. The van der Waals surface area contributed by atoms with Gasteiger partial charge >= 0.3 is 6.61 Å². The molecule has 1 heterocycles. The summed E-state index contributed by atoms with van der Waals surface area (Å²) in [6.07, 6.45) is 1.62. The van der Waals surface area contributed by atoms with Crippen molar-refractivity contribution in [2.45, 2.75) is 16.7 Å². The topological polar surface area (TPSA) is 69.0 Å². The number of hydrogen-bond acceptors (Lipinski definition) is 5. The summed E-state index contributed by atoms with van der Waals surface area (Å²) in [6, 6.07) is 12.7. The molecule has 26 heavy (non-hydrogen) atoms. The van der Waals surface area contributed by atoms with Gasteiger partial charge in [0.15, 0.2) is 5.16 Å². The van der Waals surface area contributed by atoms with Crippen molar-refractivity contribution in [1.82, 2.24) is 14.8 Å². The highest BCUT2D eigenvalue weighted by Crippen LogP contribution is 2.26. The highest BCUT2D eigenvalue weighted by atomic mass is 32.2. The predicted molar refractivity (Wildman–Crippen MR) is 92.6 cm³/mol. The summed E-state index contributed by atoms with van der Waals surface area (Å²) in [5, 5.41) is 11.3. The van der Waals surface area contributed by atoms with E-state index in [-0.39, 0.29) is 11.7 Å². The largest absolute Gasteiger partial charge is 0.435 e. The smallest absolute Gasteiger partial charge is 0.387 e. The fourth-order valence-electron chi connectivity index (χ4n) is 2.07. The molecule has 0 bridgehead atoms. The van der Waals surface area contributed by atoms with Crippen LogP contribution in [0.25, 0.3) is 0 Å². The van der Waals surface area contributed by atoms with Gasteiger partial charge in [0.1, 0.15) is 12.1 Å². The average molecular weight is 376 g/mol. The van der Waals surface area contributed by atoms with Crippen LogP contribution in [0.5, 0.6) is 5.75 Å². The molecule has 0 unspecified atom stereocenters. The summed E-state index contributed by atoms with van der Waals surface area (Å²) in [5.41, 5.74) is 0.953. The lowest BCUT2D eigenvalue weighted by atomic mass is 10.2. The highest BCUT2D eigenvalue weighted by molar-refractivity contribution is 7.99. The van der Waals surface area contributed by atoms with E-state index in [2.05, 4.69) is 20.3 Å². The van der Waals surface area contributed by atoms with Crippen LogP contribution in [-0.2, 0) is 7.05 Å². The van der Waals surface area contributed by atoms with Gasteiger partial charge in [-0.3, -0.25) is 4.79 Å². The maximum absolute atomic E-state index is 12.2. The highest BCUT2D eigenvalue weighted by Gasteiger charge is 2.09. The van der Waals surface area contributed by atoms with Crippen molar-refractivity contribution in [1.29, 1.82) is 0 Å². The van der Waals surface area contributed by atoms with E-state index >= 15 is 0 Å². The lowest BCUT2D eigenvalue weighted by molar-refractivity contribution is -0.0498. The van der Waals surface area contributed by atoms with Crippen molar-refractivity contribution in [3.63, 3.8) is 0 Å². The van der Waals surface area contributed by atoms with Crippen LogP contribution in [0, 0.1) is 0 Å². The third-order valence-electron chi connectivity index (χ3n) is 3.33. The van der Waals surface area contributed by atoms with E-state index in [0.717, 1.165) is 10.1 Å². The van der Waals surface area contributed by atoms with Crippen LogP contribution in [0.15, 0.2) is 64.9 Å². The van der Waals surface area contributed by atoms with Gasteiger partial charge in [-0.2, -0.15) is 8.78 Å². The standard InChI is InChI=1S/C17H14F2N4O2S/c1-23-10-20-22-17(23)26-14-8-4-12(5-9-14)21-15(24)11-2-6-13(7-3-11)25-16(18)19/h2-10,16H,1H3,(H,21,24). The number of hydrogen-bond donors (Lipinski definition) is 1. The monoisotopic (exact) mass is 376 g/mol. The molecular formula is C17H14F2N4O2S. The predicted octanol–water partition coefficient (Wildman–Crippen LogP) is 3.82. The van der Waals surface area contributed by atoms with E-state index < -0.39 is 6.61 Å². The molecular weight excluding hydrogens is 362 g/mol. The van der Waals surface area contributed by atoms with E-state index in [4.69, 9.17) is 0 Å². The molecule has 0 saturated carbocycles.